The molecule has 3 N–H and O–H groups in total. The minimum atomic E-state index is 0.112. The third kappa shape index (κ3) is 2.80. The van der Waals surface area contributed by atoms with E-state index in [1.807, 2.05) is 18.2 Å². The first-order valence-corrected chi connectivity index (χ1v) is 6.47. The van der Waals surface area contributed by atoms with E-state index in [2.05, 4.69) is 18.4 Å². The van der Waals surface area contributed by atoms with Crippen molar-refractivity contribution in [2.75, 3.05) is 6.61 Å². The second-order valence-corrected chi connectivity index (χ2v) is 4.91. The molecule has 94 valence electrons. The highest BCUT2D eigenvalue weighted by Crippen LogP contribution is 2.34. The van der Waals surface area contributed by atoms with Gasteiger partial charge in [-0.3, -0.25) is 11.3 Å². The van der Waals surface area contributed by atoms with Crippen LogP contribution in [0.15, 0.2) is 24.3 Å². The third-order valence-corrected chi connectivity index (χ3v) is 3.71. The molecule has 0 spiro atoms. The Hall–Kier alpha value is -0.610. The van der Waals surface area contributed by atoms with Crippen molar-refractivity contribution in [3.8, 4) is 0 Å². The SMILES string of the molecule is CCC1OCCC1C(NN)c1cccc(Cl)c1. The number of halogens is 1. The first-order chi connectivity index (χ1) is 8.26. The molecule has 1 saturated heterocycles. The Kier molecular flexibility index (Phi) is 4.40. The van der Waals surface area contributed by atoms with Crippen molar-refractivity contribution in [2.45, 2.75) is 31.9 Å². The van der Waals surface area contributed by atoms with E-state index in [0.29, 0.717) is 5.92 Å². The van der Waals surface area contributed by atoms with Gasteiger partial charge in [0.2, 0.25) is 0 Å². The van der Waals surface area contributed by atoms with Gasteiger partial charge in [0.05, 0.1) is 12.1 Å². The lowest BCUT2D eigenvalue weighted by Crippen LogP contribution is -2.36. The van der Waals surface area contributed by atoms with Crippen LogP contribution in [0, 0.1) is 5.92 Å². The molecule has 0 saturated carbocycles. The molecule has 1 fully saturated rings. The van der Waals surface area contributed by atoms with Gasteiger partial charge in [-0.15, -0.1) is 0 Å². The minimum absolute atomic E-state index is 0.112. The molecule has 0 amide bonds. The van der Waals surface area contributed by atoms with Gasteiger partial charge in [0.1, 0.15) is 0 Å². The summed E-state index contributed by atoms with van der Waals surface area (Å²) in [5.74, 6) is 6.12. The Bertz CT molecular complexity index is 372. The van der Waals surface area contributed by atoms with Crippen LogP contribution in [-0.4, -0.2) is 12.7 Å². The standard InChI is InChI=1S/C13H19ClN2O/c1-2-12-11(6-7-17-12)13(16-15)9-4-3-5-10(14)8-9/h3-5,8,11-13,16H,2,6-7,15H2,1H3. The van der Waals surface area contributed by atoms with Crippen LogP contribution < -0.4 is 11.3 Å². The highest BCUT2D eigenvalue weighted by atomic mass is 35.5. The second-order valence-electron chi connectivity index (χ2n) is 4.47. The molecule has 4 heteroatoms. The fourth-order valence-electron chi connectivity index (χ4n) is 2.63. The summed E-state index contributed by atoms with van der Waals surface area (Å²) < 4.78 is 5.72. The predicted molar refractivity (Wildman–Crippen MR) is 69.7 cm³/mol. The maximum atomic E-state index is 6.02. The highest BCUT2D eigenvalue weighted by molar-refractivity contribution is 6.30. The van der Waals surface area contributed by atoms with Gasteiger partial charge in [0.15, 0.2) is 0 Å². The number of hydrogen-bond acceptors (Lipinski definition) is 3. The number of nitrogens with two attached hydrogens (primary N) is 1. The van der Waals surface area contributed by atoms with E-state index in [1.54, 1.807) is 0 Å². The van der Waals surface area contributed by atoms with Gasteiger partial charge in [-0.25, -0.2) is 0 Å². The maximum absolute atomic E-state index is 6.02. The normalized spacial score (nSPS) is 26.1. The number of nitrogens with one attached hydrogen (secondary N) is 1. The highest BCUT2D eigenvalue weighted by Gasteiger charge is 2.33. The number of benzene rings is 1. The summed E-state index contributed by atoms with van der Waals surface area (Å²) in [6.45, 7) is 2.97. The fourth-order valence-corrected chi connectivity index (χ4v) is 2.83. The average molecular weight is 255 g/mol. The van der Waals surface area contributed by atoms with Crippen molar-refractivity contribution in [1.82, 2.24) is 5.43 Å². The van der Waals surface area contributed by atoms with Gasteiger partial charge in [0, 0.05) is 17.5 Å². The molecule has 1 aromatic carbocycles. The monoisotopic (exact) mass is 254 g/mol. The molecular formula is C13H19ClN2O. The lowest BCUT2D eigenvalue weighted by molar-refractivity contribution is 0.0774. The molecule has 3 unspecified atom stereocenters. The molecule has 1 aliphatic rings. The third-order valence-electron chi connectivity index (χ3n) is 3.48. The molecule has 1 heterocycles. The van der Waals surface area contributed by atoms with Gasteiger partial charge in [-0.2, -0.15) is 0 Å². The average Bonchev–Trinajstić information content (AvgIpc) is 2.78. The van der Waals surface area contributed by atoms with E-state index in [0.717, 1.165) is 30.0 Å². The second kappa shape index (κ2) is 5.83. The van der Waals surface area contributed by atoms with Crippen molar-refractivity contribution in [3.05, 3.63) is 34.9 Å². The summed E-state index contributed by atoms with van der Waals surface area (Å²) in [5, 5.41) is 0.745. The van der Waals surface area contributed by atoms with Crippen LogP contribution in [0.2, 0.25) is 5.02 Å². The molecule has 3 nitrogen and oxygen atoms in total. The van der Waals surface area contributed by atoms with Crippen LogP contribution in [0.25, 0.3) is 0 Å². The van der Waals surface area contributed by atoms with E-state index in [1.165, 1.54) is 0 Å². The Balaban J connectivity index is 2.21. The summed E-state index contributed by atoms with van der Waals surface area (Å²) in [5.41, 5.74) is 4.05. The molecular weight excluding hydrogens is 236 g/mol. The fraction of sp³-hybridized carbons (Fsp3) is 0.538. The Morgan fingerprint density at radius 1 is 1.59 bits per heavy atom. The summed E-state index contributed by atoms with van der Waals surface area (Å²) in [4.78, 5) is 0. The van der Waals surface area contributed by atoms with Gasteiger partial charge in [-0.05, 0) is 30.5 Å². The summed E-state index contributed by atoms with van der Waals surface area (Å²) in [7, 11) is 0. The minimum Gasteiger partial charge on any atom is -0.378 e. The van der Waals surface area contributed by atoms with E-state index >= 15 is 0 Å². The van der Waals surface area contributed by atoms with Crippen LogP contribution in [0.1, 0.15) is 31.4 Å². The molecule has 1 aliphatic heterocycles. The zero-order chi connectivity index (χ0) is 12.3. The topological polar surface area (TPSA) is 47.3 Å². The molecule has 17 heavy (non-hydrogen) atoms. The maximum Gasteiger partial charge on any atom is 0.0620 e. The van der Waals surface area contributed by atoms with Crippen LogP contribution >= 0.6 is 11.6 Å². The zero-order valence-corrected chi connectivity index (χ0v) is 10.8. The lowest BCUT2D eigenvalue weighted by atomic mass is 9.87. The Morgan fingerprint density at radius 3 is 3.06 bits per heavy atom. The first-order valence-electron chi connectivity index (χ1n) is 6.09. The Labute approximate surface area is 107 Å². The van der Waals surface area contributed by atoms with E-state index in [-0.39, 0.29) is 12.1 Å². The van der Waals surface area contributed by atoms with Gasteiger partial charge in [-0.1, -0.05) is 30.7 Å². The number of rotatable bonds is 4. The van der Waals surface area contributed by atoms with Crippen molar-refractivity contribution in [2.24, 2.45) is 11.8 Å². The van der Waals surface area contributed by atoms with Crippen LogP contribution in [-0.2, 0) is 4.74 Å². The van der Waals surface area contributed by atoms with Crippen LogP contribution in [0.3, 0.4) is 0 Å². The van der Waals surface area contributed by atoms with Crippen LogP contribution in [0.4, 0.5) is 0 Å². The van der Waals surface area contributed by atoms with Gasteiger partial charge in [0.25, 0.3) is 0 Å². The molecule has 0 bridgehead atoms. The Morgan fingerprint density at radius 2 is 2.41 bits per heavy atom. The zero-order valence-electron chi connectivity index (χ0n) is 10.0. The number of ether oxygens (including phenoxy) is 1. The van der Waals surface area contributed by atoms with Gasteiger partial charge >= 0.3 is 0 Å². The molecule has 0 aromatic heterocycles. The van der Waals surface area contributed by atoms with Crippen molar-refractivity contribution in [1.29, 1.82) is 0 Å². The largest absolute Gasteiger partial charge is 0.378 e. The van der Waals surface area contributed by atoms with E-state index in [9.17, 15) is 0 Å². The quantitative estimate of drug-likeness (QED) is 0.642. The van der Waals surface area contributed by atoms with Crippen molar-refractivity contribution < 1.29 is 4.74 Å². The molecule has 0 aliphatic carbocycles. The molecule has 3 atom stereocenters. The van der Waals surface area contributed by atoms with Crippen molar-refractivity contribution in [3.63, 3.8) is 0 Å². The first kappa shape index (κ1) is 12.8. The number of hydrazine groups is 1. The van der Waals surface area contributed by atoms with Crippen molar-refractivity contribution >= 4 is 11.6 Å². The van der Waals surface area contributed by atoms with E-state index < -0.39 is 0 Å². The molecule has 2 rings (SSSR count). The predicted octanol–water partition coefficient (Wildman–Crippen LogP) is 2.66. The molecule has 0 radical (unpaired) electrons. The summed E-state index contributed by atoms with van der Waals surface area (Å²) in [6, 6.07) is 7.97. The number of hydrogen-bond donors (Lipinski definition) is 2. The summed E-state index contributed by atoms with van der Waals surface area (Å²) in [6.07, 6.45) is 2.35. The lowest BCUT2D eigenvalue weighted by Gasteiger charge is -2.27. The van der Waals surface area contributed by atoms with Crippen LogP contribution in [0.5, 0.6) is 0 Å². The van der Waals surface area contributed by atoms with E-state index in [4.69, 9.17) is 22.2 Å². The summed E-state index contributed by atoms with van der Waals surface area (Å²) >= 11 is 6.02. The molecule has 1 aromatic rings. The van der Waals surface area contributed by atoms with Gasteiger partial charge < -0.3 is 4.74 Å². The smallest absolute Gasteiger partial charge is 0.0620 e.